The zero-order valence-electron chi connectivity index (χ0n) is 16.0. The molecular weight excluding hydrogens is 388 g/mol. The zero-order chi connectivity index (χ0) is 20.5. The van der Waals surface area contributed by atoms with E-state index in [1.165, 1.54) is 5.01 Å². The molecule has 2 aliphatic rings. The highest BCUT2D eigenvalue weighted by molar-refractivity contribution is 6.30. The van der Waals surface area contributed by atoms with Crippen molar-refractivity contribution in [3.05, 3.63) is 82.4 Å². The number of hydrogen-bond acceptors (Lipinski definition) is 3. The lowest BCUT2D eigenvalue weighted by Gasteiger charge is -2.30. The van der Waals surface area contributed by atoms with E-state index >= 15 is 0 Å². The summed E-state index contributed by atoms with van der Waals surface area (Å²) in [6, 6.07) is 15.8. The molecule has 148 valence electrons. The molecular formula is C23H21ClN2O3. The van der Waals surface area contributed by atoms with E-state index in [0.717, 1.165) is 16.1 Å². The van der Waals surface area contributed by atoms with Gasteiger partial charge in [-0.15, -0.1) is 0 Å². The van der Waals surface area contributed by atoms with E-state index in [2.05, 4.69) is 0 Å². The van der Waals surface area contributed by atoms with Gasteiger partial charge in [0.1, 0.15) is 0 Å². The second-order valence-corrected chi connectivity index (χ2v) is 7.98. The number of nitrogens with zero attached hydrogens (tertiary/aromatic N) is 2. The van der Waals surface area contributed by atoms with E-state index in [1.807, 2.05) is 43.3 Å². The largest absolute Gasteiger partial charge is 0.273 e. The van der Waals surface area contributed by atoms with Gasteiger partial charge in [-0.05, 0) is 49.6 Å². The maximum Gasteiger partial charge on any atom is 0.273 e. The Balaban J connectivity index is 1.70. The van der Waals surface area contributed by atoms with Crippen LogP contribution in [0.2, 0.25) is 5.02 Å². The third-order valence-corrected chi connectivity index (χ3v) is 5.79. The summed E-state index contributed by atoms with van der Waals surface area (Å²) in [5.41, 5.74) is 2.31. The van der Waals surface area contributed by atoms with Crippen LogP contribution in [0.1, 0.15) is 35.7 Å². The van der Waals surface area contributed by atoms with Gasteiger partial charge in [0.25, 0.3) is 17.7 Å². The molecule has 0 bridgehead atoms. The Morgan fingerprint density at radius 2 is 1.69 bits per heavy atom. The summed E-state index contributed by atoms with van der Waals surface area (Å²) in [7, 11) is 0. The van der Waals surface area contributed by atoms with Crippen LogP contribution in [-0.4, -0.2) is 27.7 Å². The quantitative estimate of drug-likeness (QED) is 0.561. The van der Waals surface area contributed by atoms with Crippen LogP contribution in [0.5, 0.6) is 0 Å². The molecule has 0 spiro atoms. The third-order valence-electron chi connectivity index (χ3n) is 5.54. The summed E-state index contributed by atoms with van der Waals surface area (Å²) in [5.74, 6) is -1.81. The van der Waals surface area contributed by atoms with Crippen molar-refractivity contribution in [1.29, 1.82) is 0 Å². The molecule has 3 amide bonds. The van der Waals surface area contributed by atoms with E-state index in [1.54, 1.807) is 24.3 Å². The standard InChI is InChI=1S/C23H21ClN2O3/c1-15-7-12-19-20(13-15)23(29)26(22(19)28)25(14-16-5-3-2-4-6-16)21(27)17-8-10-18(24)11-9-17/h2-11,19-20H,12-14H2,1H3/t19-,20+/m0/s1. The maximum atomic E-state index is 13.3. The van der Waals surface area contributed by atoms with Crippen LogP contribution in [0.4, 0.5) is 0 Å². The van der Waals surface area contributed by atoms with Crippen molar-refractivity contribution in [3.8, 4) is 0 Å². The van der Waals surface area contributed by atoms with Crippen LogP contribution in [0.25, 0.3) is 0 Å². The molecule has 6 heteroatoms. The minimum absolute atomic E-state index is 0.131. The van der Waals surface area contributed by atoms with Gasteiger partial charge in [0, 0.05) is 10.6 Å². The van der Waals surface area contributed by atoms with E-state index in [4.69, 9.17) is 11.6 Å². The molecule has 0 unspecified atom stereocenters. The Bertz CT molecular complexity index is 985. The lowest BCUT2D eigenvalue weighted by Crippen LogP contribution is -2.49. The van der Waals surface area contributed by atoms with Gasteiger partial charge in [-0.1, -0.05) is 53.6 Å². The average molecular weight is 409 g/mol. The fraction of sp³-hybridized carbons (Fsp3) is 0.261. The molecule has 1 aliphatic carbocycles. The van der Waals surface area contributed by atoms with Gasteiger partial charge in [-0.25, -0.2) is 5.01 Å². The van der Waals surface area contributed by atoms with Crippen molar-refractivity contribution >= 4 is 29.3 Å². The third kappa shape index (κ3) is 3.70. The first-order chi connectivity index (χ1) is 14.0. The van der Waals surface area contributed by atoms with Crippen molar-refractivity contribution in [2.24, 2.45) is 11.8 Å². The number of hydrazine groups is 1. The Morgan fingerprint density at radius 1 is 1.03 bits per heavy atom. The van der Waals surface area contributed by atoms with Gasteiger partial charge < -0.3 is 0 Å². The molecule has 0 saturated carbocycles. The first-order valence-electron chi connectivity index (χ1n) is 9.60. The predicted molar refractivity (Wildman–Crippen MR) is 110 cm³/mol. The molecule has 1 fully saturated rings. The van der Waals surface area contributed by atoms with Crippen LogP contribution in [0.3, 0.4) is 0 Å². The minimum Gasteiger partial charge on any atom is -0.272 e. The van der Waals surface area contributed by atoms with E-state index in [0.29, 0.717) is 23.4 Å². The molecule has 2 aromatic carbocycles. The van der Waals surface area contributed by atoms with Crippen molar-refractivity contribution < 1.29 is 14.4 Å². The van der Waals surface area contributed by atoms with Crippen LogP contribution < -0.4 is 0 Å². The van der Waals surface area contributed by atoms with Crippen molar-refractivity contribution in [2.75, 3.05) is 0 Å². The van der Waals surface area contributed by atoms with Crippen molar-refractivity contribution in [1.82, 2.24) is 10.0 Å². The lowest BCUT2D eigenvalue weighted by molar-refractivity contribution is -0.155. The van der Waals surface area contributed by atoms with Crippen LogP contribution in [0, 0.1) is 11.8 Å². The van der Waals surface area contributed by atoms with Gasteiger partial charge in [0.2, 0.25) is 0 Å². The van der Waals surface area contributed by atoms with Gasteiger partial charge in [0.05, 0.1) is 18.4 Å². The number of rotatable bonds is 4. The Labute approximate surface area is 174 Å². The first kappa shape index (κ1) is 19.4. The number of imide groups is 1. The summed E-state index contributed by atoms with van der Waals surface area (Å²) in [5, 5.41) is 2.86. The molecule has 1 aliphatic heterocycles. The average Bonchev–Trinajstić information content (AvgIpc) is 2.97. The molecule has 5 nitrogen and oxygen atoms in total. The molecule has 0 aromatic heterocycles. The Morgan fingerprint density at radius 3 is 2.38 bits per heavy atom. The van der Waals surface area contributed by atoms with Gasteiger partial charge in [0.15, 0.2) is 0 Å². The predicted octanol–water partition coefficient (Wildman–Crippen LogP) is 4.24. The molecule has 29 heavy (non-hydrogen) atoms. The van der Waals surface area contributed by atoms with Crippen LogP contribution in [-0.2, 0) is 16.1 Å². The Kier molecular flexibility index (Phi) is 5.24. The molecule has 4 rings (SSSR count). The number of hydrogen-bond donors (Lipinski definition) is 0. The smallest absolute Gasteiger partial charge is 0.272 e. The summed E-state index contributed by atoms with van der Waals surface area (Å²) in [4.78, 5) is 39.7. The minimum atomic E-state index is -0.407. The second-order valence-electron chi connectivity index (χ2n) is 7.55. The zero-order valence-corrected chi connectivity index (χ0v) is 16.8. The van der Waals surface area contributed by atoms with Crippen LogP contribution >= 0.6 is 11.6 Å². The first-order valence-corrected chi connectivity index (χ1v) is 9.98. The second kappa shape index (κ2) is 7.84. The monoisotopic (exact) mass is 408 g/mol. The highest BCUT2D eigenvalue weighted by atomic mass is 35.5. The number of benzene rings is 2. The molecule has 1 saturated heterocycles. The summed E-state index contributed by atoms with van der Waals surface area (Å²) in [6.45, 7) is 2.10. The van der Waals surface area contributed by atoms with Gasteiger partial charge >= 0.3 is 0 Å². The van der Waals surface area contributed by atoms with E-state index < -0.39 is 17.7 Å². The summed E-state index contributed by atoms with van der Waals surface area (Å²) >= 11 is 5.95. The maximum absolute atomic E-state index is 13.3. The van der Waals surface area contributed by atoms with E-state index in [-0.39, 0.29) is 18.4 Å². The van der Waals surface area contributed by atoms with Crippen molar-refractivity contribution in [3.63, 3.8) is 0 Å². The number of carbonyl (C=O) groups excluding carboxylic acids is 3. The number of amides is 3. The van der Waals surface area contributed by atoms with E-state index in [9.17, 15) is 14.4 Å². The number of fused-ring (bicyclic) bond motifs is 1. The summed E-state index contributed by atoms with van der Waals surface area (Å²) < 4.78 is 0. The Hall–Kier alpha value is -2.92. The molecule has 0 N–H and O–H groups in total. The highest BCUT2D eigenvalue weighted by Crippen LogP contribution is 2.39. The fourth-order valence-electron chi connectivity index (χ4n) is 3.99. The normalized spacial score (nSPS) is 21.0. The molecule has 0 radical (unpaired) electrons. The fourth-order valence-corrected chi connectivity index (χ4v) is 4.12. The number of halogens is 1. The molecule has 2 atom stereocenters. The van der Waals surface area contributed by atoms with Crippen LogP contribution in [0.15, 0.2) is 66.2 Å². The number of carbonyl (C=O) groups is 3. The summed E-state index contributed by atoms with van der Waals surface area (Å²) in [6.07, 6.45) is 3.10. The molecule has 1 heterocycles. The lowest BCUT2D eigenvalue weighted by atomic mass is 9.82. The van der Waals surface area contributed by atoms with Gasteiger partial charge in [-0.2, -0.15) is 5.01 Å². The van der Waals surface area contributed by atoms with Gasteiger partial charge in [-0.3, -0.25) is 14.4 Å². The highest BCUT2D eigenvalue weighted by Gasteiger charge is 2.51. The SMILES string of the molecule is CC1=CC[C@@H]2C(=O)N(N(Cc3ccccc3)C(=O)c3ccc(Cl)cc3)C(=O)[C@@H]2C1. The topological polar surface area (TPSA) is 57.7 Å². The van der Waals surface area contributed by atoms with Crippen molar-refractivity contribution in [2.45, 2.75) is 26.3 Å². The molecule has 2 aromatic rings. The number of allylic oxidation sites excluding steroid dienone is 2.